The van der Waals surface area contributed by atoms with E-state index in [1.54, 1.807) is 0 Å². The normalized spacial score (nSPS) is 24.5. The standard InChI is InChI=1S/C14H22N2/c1-3-11-4-6-12(7-5-11)10-16(2)14-8-13(15)9-14/h4-7,13-14H,3,8-10,15H2,1-2H3. The van der Waals surface area contributed by atoms with Crippen molar-refractivity contribution in [3.05, 3.63) is 35.4 Å². The summed E-state index contributed by atoms with van der Waals surface area (Å²) in [5, 5.41) is 0. The minimum Gasteiger partial charge on any atom is -0.328 e. The topological polar surface area (TPSA) is 29.3 Å². The fourth-order valence-corrected chi connectivity index (χ4v) is 2.29. The second-order valence-electron chi connectivity index (χ2n) is 4.97. The van der Waals surface area contributed by atoms with Crippen LogP contribution in [0.25, 0.3) is 0 Å². The van der Waals surface area contributed by atoms with Gasteiger partial charge in [0.25, 0.3) is 0 Å². The van der Waals surface area contributed by atoms with E-state index in [1.165, 1.54) is 11.1 Å². The van der Waals surface area contributed by atoms with E-state index in [4.69, 9.17) is 5.73 Å². The van der Waals surface area contributed by atoms with Gasteiger partial charge in [-0.05, 0) is 37.4 Å². The first-order chi connectivity index (χ1) is 7.69. The maximum atomic E-state index is 5.81. The van der Waals surface area contributed by atoms with E-state index in [0.717, 1.165) is 25.8 Å². The van der Waals surface area contributed by atoms with Gasteiger partial charge in [0, 0.05) is 18.6 Å². The molecule has 0 aliphatic heterocycles. The third kappa shape index (κ3) is 2.63. The Hall–Kier alpha value is -0.860. The Bertz CT molecular complexity index is 325. The summed E-state index contributed by atoms with van der Waals surface area (Å²) in [6.45, 7) is 3.23. The molecule has 1 fully saturated rings. The van der Waals surface area contributed by atoms with Crippen molar-refractivity contribution in [2.75, 3.05) is 7.05 Å². The first-order valence-electron chi connectivity index (χ1n) is 6.22. The van der Waals surface area contributed by atoms with Crippen molar-refractivity contribution in [1.82, 2.24) is 4.90 Å². The number of nitrogens with zero attached hydrogens (tertiary/aromatic N) is 1. The summed E-state index contributed by atoms with van der Waals surface area (Å²) in [6, 6.07) is 10.1. The summed E-state index contributed by atoms with van der Waals surface area (Å²) in [5.74, 6) is 0. The molecule has 1 aliphatic carbocycles. The van der Waals surface area contributed by atoms with Crippen LogP contribution in [0.5, 0.6) is 0 Å². The average molecular weight is 218 g/mol. The first kappa shape index (κ1) is 11.6. The van der Waals surface area contributed by atoms with Crippen LogP contribution in [-0.4, -0.2) is 24.0 Å². The fourth-order valence-electron chi connectivity index (χ4n) is 2.29. The van der Waals surface area contributed by atoms with E-state index >= 15 is 0 Å². The molecular formula is C14H22N2. The maximum Gasteiger partial charge on any atom is 0.0233 e. The highest BCUT2D eigenvalue weighted by molar-refractivity contribution is 5.22. The van der Waals surface area contributed by atoms with E-state index in [0.29, 0.717) is 12.1 Å². The first-order valence-corrected chi connectivity index (χ1v) is 6.22. The largest absolute Gasteiger partial charge is 0.328 e. The number of benzene rings is 1. The predicted octanol–water partition coefficient (Wildman–Crippen LogP) is 2.17. The molecule has 1 aliphatic rings. The number of nitrogens with two attached hydrogens (primary N) is 1. The molecule has 0 amide bonds. The lowest BCUT2D eigenvalue weighted by Crippen LogP contribution is -2.48. The van der Waals surface area contributed by atoms with Gasteiger partial charge in [0.15, 0.2) is 0 Å². The van der Waals surface area contributed by atoms with E-state index in [1.807, 2.05) is 0 Å². The SMILES string of the molecule is CCc1ccc(CN(C)C2CC(N)C2)cc1. The quantitative estimate of drug-likeness (QED) is 0.839. The summed E-state index contributed by atoms with van der Waals surface area (Å²) >= 11 is 0. The van der Waals surface area contributed by atoms with Crippen LogP contribution in [0.3, 0.4) is 0 Å². The van der Waals surface area contributed by atoms with Crippen LogP contribution in [0.4, 0.5) is 0 Å². The van der Waals surface area contributed by atoms with Crippen molar-refractivity contribution in [3.63, 3.8) is 0 Å². The highest BCUT2D eigenvalue weighted by Gasteiger charge is 2.28. The molecule has 0 radical (unpaired) electrons. The van der Waals surface area contributed by atoms with Crippen LogP contribution in [0.15, 0.2) is 24.3 Å². The predicted molar refractivity (Wildman–Crippen MR) is 68.3 cm³/mol. The van der Waals surface area contributed by atoms with E-state index in [-0.39, 0.29) is 0 Å². The molecule has 0 bridgehead atoms. The minimum absolute atomic E-state index is 0.440. The number of rotatable bonds is 4. The Balaban J connectivity index is 1.88. The Morgan fingerprint density at radius 1 is 1.19 bits per heavy atom. The third-order valence-corrected chi connectivity index (χ3v) is 3.64. The monoisotopic (exact) mass is 218 g/mol. The van der Waals surface area contributed by atoms with Crippen LogP contribution in [0, 0.1) is 0 Å². The van der Waals surface area contributed by atoms with Crippen molar-refractivity contribution in [2.45, 2.75) is 44.8 Å². The van der Waals surface area contributed by atoms with Gasteiger partial charge in [0.2, 0.25) is 0 Å². The van der Waals surface area contributed by atoms with Crippen molar-refractivity contribution in [1.29, 1.82) is 0 Å². The van der Waals surface area contributed by atoms with E-state index < -0.39 is 0 Å². The molecule has 2 rings (SSSR count). The molecule has 0 atom stereocenters. The van der Waals surface area contributed by atoms with Gasteiger partial charge in [-0.15, -0.1) is 0 Å². The smallest absolute Gasteiger partial charge is 0.0233 e. The van der Waals surface area contributed by atoms with Crippen molar-refractivity contribution >= 4 is 0 Å². The molecule has 0 saturated heterocycles. The molecule has 88 valence electrons. The van der Waals surface area contributed by atoms with E-state index in [9.17, 15) is 0 Å². The zero-order valence-electron chi connectivity index (χ0n) is 10.3. The zero-order chi connectivity index (χ0) is 11.5. The Morgan fingerprint density at radius 3 is 2.25 bits per heavy atom. The number of hydrogen-bond donors (Lipinski definition) is 1. The highest BCUT2D eigenvalue weighted by Crippen LogP contribution is 2.24. The van der Waals surface area contributed by atoms with E-state index in [2.05, 4.69) is 43.1 Å². The zero-order valence-corrected chi connectivity index (χ0v) is 10.3. The summed E-state index contributed by atoms with van der Waals surface area (Å²) in [6.07, 6.45) is 3.43. The van der Waals surface area contributed by atoms with Gasteiger partial charge in [-0.25, -0.2) is 0 Å². The van der Waals surface area contributed by atoms with Crippen LogP contribution in [-0.2, 0) is 13.0 Å². The van der Waals surface area contributed by atoms with Crippen molar-refractivity contribution in [2.24, 2.45) is 5.73 Å². The molecule has 0 unspecified atom stereocenters. The molecule has 1 saturated carbocycles. The molecule has 2 nitrogen and oxygen atoms in total. The molecule has 2 N–H and O–H groups in total. The Kier molecular flexibility index (Phi) is 3.62. The van der Waals surface area contributed by atoms with Gasteiger partial charge >= 0.3 is 0 Å². The van der Waals surface area contributed by atoms with Crippen LogP contribution >= 0.6 is 0 Å². The molecule has 2 heteroatoms. The second kappa shape index (κ2) is 4.98. The lowest BCUT2D eigenvalue weighted by atomic mass is 9.86. The fraction of sp³-hybridized carbons (Fsp3) is 0.571. The number of aryl methyl sites for hydroxylation is 1. The summed E-state index contributed by atoms with van der Waals surface area (Å²) in [7, 11) is 2.20. The highest BCUT2D eigenvalue weighted by atomic mass is 15.1. The summed E-state index contributed by atoms with van der Waals surface area (Å²) in [5.41, 5.74) is 8.63. The van der Waals surface area contributed by atoms with Gasteiger partial charge in [0.05, 0.1) is 0 Å². The molecule has 0 spiro atoms. The van der Waals surface area contributed by atoms with Crippen LogP contribution < -0.4 is 5.73 Å². The lowest BCUT2D eigenvalue weighted by molar-refractivity contribution is 0.132. The molecule has 0 aromatic heterocycles. The van der Waals surface area contributed by atoms with Gasteiger partial charge in [-0.2, -0.15) is 0 Å². The molecular weight excluding hydrogens is 196 g/mol. The Labute approximate surface area is 98.4 Å². The molecule has 1 aromatic carbocycles. The van der Waals surface area contributed by atoms with Crippen molar-refractivity contribution in [3.8, 4) is 0 Å². The Morgan fingerprint density at radius 2 is 1.75 bits per heavy atom. The molecule has 0 heterocycles. The maximum absolute atomic E-state index is 5.81. The second-order valence-corrected chi connectivity index (χ2v) is 4.97. The van der Waals surface area contributed by atoms with Gasteiger partial charge in [0.1, 0.15) is 0 Å². The lowest BCUT2D eigenvalue weighted by Gasteiger charge is -2.39. The van der Waals surface area contributed by atoms with Gasteiger partial charge < -0.3 is 5.73 Å². The van der Waals surface area contributed by atoms with Gasteiger partial charge in [-0.3, -0.25) is 4.90 Å². The summed E-state index contributed by atoms with van der Waals surface area (Å²) in [4.78, 5) is 2.42. The third-order valence-electron chi connectivity index (χ3n) is 3.64. The minimum atomic E-state index is 0.440. The molecule has 1 aromatic rings. The number of hydrogen-bond acceptors (Lipinski definition) is 2. The van der Waals surface area contributed by atoms with Gasteiger partial charge in [-0.1, -0.05) is 31.2 Å². The van der Waals surface area contributed by atoms with Crippen LogP contribution in [0.2, 0.25) is 0 Å². The average Bonchev–Trinajstić information content (AvgIpc) is 2.26. The van der Waals surface area contributed by atoms with Crippen molar-refractivity contribution < 1.29 is 0 Å². The molecule has 16 heavy (non-hydrogen) atoms. The van der Waals surface area contributed by atoms with Crippen LogP contribution in [0.1, 0.15) is 30.9 Å². The summed E-state index contributed by atoms with van der Waals surface area (Å²) < 4.78 is 0.